The molecule has 2 aromatic carbocycles. The van der Waals surface area contributed by atoms with Gasteiger partial charge in [0.1, 0.15) is 11.6 Å². The van der Waals surface area contributed by atoms with Crippen molar-refractivity contribution in [1.82, 2.24) is 9.55 Å². The van der Waals surface area contributed by atoms with Gasteiger partial charge in [-0.2, -0.15) is 5.26 Å². The fourth-order valence-corrected chi connectivity index (χ4v) is 4.02. The number of benzene rings is 2. The Balaban J connectivity index is 1.66. The summed E-state index contributed by atoms with van der Waals surface area (Å²) in [5.41, 5.74) is 3.96. The molecule has 4 rings (SSSR count). The predicted molar refractivity (Wildman–Crippen MR) is 100.0 cm³/mol. The number of nitrogens with zero attached hydrogens (tertiary/aromatic N) is 3. The smallest absolute Gasteiger partial charge is 0.125 e. The Labute approximate surface area is 157 Å². The minimum Gasteiger partial charge on any atom is -0.496 e. The van der Waals surface area contributed by atoms with E-state index < -0.39 is 0 Å². The van der Waals surface area contributed by atoms with Crippen LogP contribution in [0.25, 0.3) is 0 Å². The van der Waals surface area contributed by atoms with Gasteiger partial charge in [-0.15, -0.1) is 0 Å². The maximum atomic E-state index is 13.2. The zero-order chi connectivity index (χ0) is 18.8. The Morgan fingerprint density at radius 2 is 2.07 bits per heavy atom. The molecule has 0 saturated heterocycles. The van der Waals surface area contributed by atoms with Gasteiger partial charge in [0.2, 0.25) is 0 Å². The molecule has 0 aliphatic carbocycles. The third-order valence-corrected chi connectivity index (χ3v) is 5.30. The SMILES string of the molecule is COc1cc(C#N)ccc1C1CC(Cc2ccc(F)cc2)Cc2cncn21. The van der Waals surface area contributed by atoms with Crippen molar-refractivity contribution in [3.05, 3.63) is 83.2 Å². The first-order valence-electron chi connectivity index (χ1n) is 9.01. The van der Waals surface area contributed by atoms with E-state index in [0.717, 1.165) is 36.1 Å². The molecule has 0 saturated carbocycles. The van der Waals surface area contributed by atoms with Gasteiger partial charge in [-0.25, -0.2) is 9.37 Å². The second kappa shape index (κ2) is 7.24. The maximum absolute atomic E-state index is 13.2. The minimum absolute atomic E-state index is 0.101. The number of hydrogen-bond donors (Lipinski definition) is 0. The lowest BCUT2D eigenvalue weighted by molar-refractivity contribution is 0.331. The summed E-state index contributed by atoms with van der Waals surface area (Å²) < 4.78 is 21.0. The molecule has 2 unspecified atom stereocenters. The highest BCUT2D eigenvalue weighted by molar-refractivity contribution is 5.44. The van der Waals surface area contributed by atoms with E-state index in [1.807, 2.05) is 36.8 Å². The van der Waals surface area contributed by atoms with Gasteiger partial charge in [-0.05, 0) is 55.0 Å². The summed E-state index contributed by atoms with van der Waals surface area (Å²) in [6, 6.07) is 14.6. The summed E-state index contributed by atoms with van der Waals surface area (Å²) in [7, 11) is 1.63. The lowest BCUT2D eigenvalue weighted by Crippen LogP contribution is -2.26. The molecule has 0 amide bonds. The Hall–Kier alpha value is -3.13. The number of aromatic nitrogens is 2. The highest BCUT2D eigenvalue weighted by Crippen LogP contribution is 2.39. The van der Waals surface area contributed by atoms with Gasteiger partial charge in [-0.1, -0.05) is 18.2 Å². The van der Waals surface area contributed by atoms with E-state index in [-0.39, 0.29) is 11.9 Å². The number of rotatable bonds is 4. The summed E-state index contributed by atoms with van der Waals surface area (Å²) >= 11 is 0. The van der Waals surface area contributed by atoms with Gasteiger partial charge in [-0.3, -0.25) is 0 Å². The van der Waals surface area contributed by atoms with Crippen molar-refractivity contribution >= 4 is 0 Å². The molecule has 0 bridgehead atoms. The average molecular weight is 361 g/mol. The summed E-state index contributed by atoms with van der Waals surface area (Å²) in [6.07, 6.45) is 6.54. The first-order valence-corrected chi connectivity index (χ1v) is 9.01. The zero-order valence-corrected chi connectivity index (χ0v) is 15.1. The normalized spacial score (nSPS) is 18.6. The topological polar surface area (TPSA) is 50.8 Å². The first kappa shape index (κ1) is 17.3. The Morgan fingerprint density at radius 3 is 2.81 bits per heavy atom. The lowest BCUT2D eigenvalue weighted by Gasteiger charge is -2.32. The number of methoxy groups -OCH3 is 1. The number of ether oxygens (including phenoxy) is 1. The van der Waals surface area contributed by atoms with E-state index in [2.05, 4.69) is 15.6 Å². The molecule has 1 aliphatic rings. The summed E-state index contributed by atoms with van der Waals surface area (Å²) in [4.78, 5) is 4.34. The van der Waals surface area contributed by atoms with Crippen molar-refractivity contribution in [2.45, 2.75) is 25.3 Å². The predicted octanol–water partition coefficient (Wildman–Crippen LogP) is 4.30. The van der Waals surface area contributed by atoms with E-state index in [0.29, 0.717) is 11.5 Å². The van der Waals surface area contributed by atoms with E-state index >= 15 is 0 Å². The molecule has 3 aromatic rings. The molecular weight excluding hydrogens is 341 g/mol. The number of imidazole rings is 1. The second-order valence-corrected chi connectivity index (χ2v) is 7.01. The maximum Gasteiger partial charge on any atom is 0.125 e. The van der Waals surface area contributed by atoms with Gasteiger partial charge < -0.3 is 9.30 Å². The third-order valence-electron chi connectivity index (χ3n) is 5.30. The van der Waals surface area contributed by atoms with Crippen LogP contribution < -0.4 is 4.74 Å². The van der Waals surface area contributed by atoms with Crippen molar-refractivity contribution < 1.29 is 9.13 Å². The van der Waals surface area contributed by atoms with Gasteiger partial charge in [0.15, 0.2) is 0 Å². The number of fused-ring (bicyclic) bond motifs is 1. The molecule has 2 heterocycles. The van der Waals surface area contributed by atoms with Crippen LogP contribution in [0.2, 0.25) is 0 Å². The minimum atomic E-state index is -0.208. The number of nitriles is 1. The molecule has 1 aromatic heterocycles. The van der Waals surface area contributed by atoms with Crippen LogP contribution in [0.15, 0.2) is 55.0 Å². The van der Waals surface area contributed by atoms with Crippen LogP contribution in [0.4, 0.5) is 4.39 Å². The third kappa shape index (κ3) is 3.43. The highest BCUT2D eigenvalue weighted by Gasteiger charge is 2.29. The van der Waals surface area contributed by atoms with E-state index in [9.17, 15) is 4.39 Å². The molecular formula is C22H20FN3O. The van der Waals surface area contributed by atoms with Crippen molar-refractivity contribution in [3.8, 4) is 11.8 Å². The van der Waals surface area contributed by atoms with Crippen molar-refractivity contribution in [1.29, 1.82) is 5.26 Å². The van der Waals surface area contributed by atoms with Gasteiger partial charge in [0.25, 0.3) is 0 Å². The van der Waals surface area contributed by atoms with Crippen LogP contribution in [0.3, 0.4) is 0 Å². The number of hydrogen-bond acceptors (Lipinski definition) is 3. The summed E-state index contributed by atoms with van der Waals surface area (Å²) in [5, 5.41) is 9.16. The summed E-state index contributed by atoms with van der Waals surface area (Å²) in [6.45, 7) is 0. The van der Waals surface area contributed by atoms with E-state index in [4.69, 9.17) is 10.00 Å². The van der Waals surface area contributed by atoms with Crippen LogP contribution >= 0.6 is 0 Å². The van der Waals surface area contributed by atoms with Gasteiger partial charge in [0, 0.05) is 17.5 Å². The first-order chi connectivity index (χ1) is 13.2. The van der Waals surface area contributed by atoms with Crippen molar-refractivity contribution in [2.24, 2.45) is 5.92 Å². The van der Waals surface area contributed by atoms with E-state index in [1.54, 1.807) is 13.2 Å². The fraction of sp³-hybridized carbons (Fsp3) is 0.273. The Kier molecular flexibility index (Phi) is 4.64. The molecule has 0 radical (unpaired) electrons. The monoisotopic (exact) mass is 361 g/mol. The molecule has 27 heavy (non-hydrogen) atoms. The van der Waals surface area contributed by atoms with Gasteiger partial charge in [0.05, 0.1) is 31.1 Å². The highest BCUT2D eigenvalue weighted by atomic mass is 19.1. The molecule has 4 nitrogen and oxygen atoms in total. The fourth-order valence-electron chi connectivity index (χ4n) is 4.02. The van der Waals surface area contributed by atoms with E-state index in [1.165, 1.54) is 17.8 Å². The molecule has 5 heteroatoms. The summed E-state index contributed by atoms with van der Waals surface area (Å²) in [5.74, 6) is 0.937. The molecule has 0 fully saturated rings. The Morgan fingerprint density at radius 1 is 1.26 bits per heavy atom. The van der Waals surface area contributed by atoms with Crippen molar-refractivity contribution in [2.75, 3.05) is 7.11 Å². The average Bonchev–Trinajstić information content (AvgIpc) is 3.17. The quantitative estimate of drug-likeness (QED) is 0.696. The molecule has 0 spiro atoms. The lowest BCUT2D eigenvalue weighted by atomic mass is 9.83. The van der Waals surface area contributed by atoms with Crippen molar-refractivity contribution in [3.63, 3.8) is 0 Å². The number of halogens is 1. The zero-order valence-electron chi connectivity index (χ0n) is 15.1. The van der Waals surface area contributed by atoms with Crippen LogP contribution in [0, 0.1) is 23.1 Å². The van der Waals surface area contributed by atoms with Crippen LogP contribution in [-0.4, -0.2) is 16.7 Å². The second-order valence-electron chi connectivity index (χ2n) is 7.01. The molecule has 136 valence electrons. The molecule has 1 aliphatic heterocycles. The standard InChI is InChI=1S/C22H20FN3O/c1-27-22-11-16(12-24)4-7-20(22)21-10-17(9-19-13-25-14-26(19)21)8-15-2-5-18(23)6-3-15/h2-7,11,13-14,17,21H,8-10H2,1H3. The van der Waals surface area contributed by atoms with Crippen LogP contribution in [0.1, 0.15) is 34.8 Å². The van der Waals surface area contributed by atoms with Gasteiger partial charge >= 0.3 is 0 Å². The largest absolute Gasteiger partial charge is 0.496 e. The van der Waals surface area contributed by atoms with Crippen LogP contribution in [-0.2, 0) is 12.8 Å². The molecule has 0 N–H and O–H groups in total. The Bertz CT molecular complexity index is 988. The molecule has 2 atom stereocenters. The van der Waals surface area contributed by atoms with Crippen LogP contribution in [0.5, 0.6) is 5.75 Å².